The second kappa shape index (κ2) is 6.86. The Kier molecular flexibility index (Phi) is 4.41. The summed E-state index contributed by atoms with van der Waals surface area (Å²) in [7, 11) is 0. The predicted octanol–water partition coefficient (Wildman–Crippen LogP) is 3.99. The minimum atomic E-state index is 0.230. The molecule has 2 N–H and O–H groups in total. The number of hydrogen-bond donors (Lipinski definition) is 1. The Morgan fingerprint density at radius 3 is 2.77 bits per heavy atom. The van der Waals surface area contributed by atoms with Crippen molar-refractivity contribution in [2.24, 2.45) is 16.8 Å². The van der Waals surface area contributed by atoms with Crippen LogP contribution in [0.4, 0.5) is 11.8 Å². The van der Waals surface area contributed by atoms with E-state index in [2.05, 4.69) is 59.3 Å². The third kappa shape index (κ3) is 3.45. The second-order valence-corrected chi connectivity index (χ2v) is 7.27. The van der Waals surface area contributed by atoms with Gasteiger partial charge in [0.25, 0.3) is 0 Å². The van der Waals surface area contributed by atoms with Gasteiger partial charge in [-0.15, -0.1) is 0 Å². The Bertz CT molecular complexity index is 947. The van der Waals surface area contributed by atoms with Crippen molar-refractivity contribution < 1.29 is 0 Å². The van der Waals surface area contributed by atoms with Crippen LogP contribution in [-0.2, 0) is 6.54 Å². The molecule has 26 heavy (non-hydrogen) atoms. The van der Waals surface area contributed by atoms with Crippen molar-refractivity contribution in [1.82, 2.24) is 19.7 Å². The van der Waals surface area contributed by atoms with Gasteiger partial charge in [0.2, 0.25) is 5.95 Å². The third-order valence-electron chi connectivity index (χ3n) is 4.94. The average Bonchev–Trinajstić information content (AvgIpc) is 3.02. The van der Waals surface area contributed by atoms with Gasteiger partial charge >= 0.3 is 0 Å². The van der Waals surface area contributed by atoms with Crippen molar-refractivity contribution in [3.05, 3.63) is 42.2 Å². The smallest absolute Gasteiger partial charge is 0.224 e. The maximum atomic E-state index is 5.95. The summed E-state index contributed by atoms with van der Waals surface area (Å²) >= 11 is 0. The number of hydrogen-bond acceptors (Lipinski definition) is 5. The standard InChI is InChI=1S/C20H24N6/c1-13-3-7-15(8-4-13)12-26-19-17(11-22-26)18(24-20(21)25-19)23-16-9-5-14(2)6-10-16/h3,5,7-9,11,13-14H,4,6,10,12H2,1-2H3,(H2,21,24,25). The Morgan fingerprint density at radius 2 is 2.04 bits per heavy atom. The van der Waals surface area contributed by atoms with E-state index in [-0.39, 0.29) is 5.95 Å². The van der Waals surface area contributed by atoms with Crippen LogP contribution in [0.15, 0.2) is 47.1 Å². The minimum absolute atomic E-state index is 0.230. The van der Waals surface area contributed by atoms with E-state index in [0.29, 0.717) is 24.2 Å². The molecule has 2 atom stereocenters. The highest BCUT2D eigenvalue weighted by molar-refractivity contribution is 5.99. The molecule has 2 aromatic rings. The number of allylic oxidation sites excluding steroid dienone is 6. The van der Waals surface area contributed by atoms with Gasteiger partial charge in [-0.3, -0.25) is 0 Å². The predicted molar refractivity (Wildman–Crippen MR) is 105 cm³/mol. The van der Waals surface area contributed by atoms with Gasteiger partial charge in [0, 0.05) is 5.71 Å². The van der Waals surface area contributed by atoms with Gasteiger partial charge in [-0.1, -0.05) is 38.2 Å². The molecule has 4 rings (SSSR count). The SMILES string of the molecule is CC1C=CC(Cn2ncc3c(N=C4C=CC(C)CC4)nc(N)nc32)=CC1. The topological polar surface area (TPSA) is 82.0 Å². The van der Waals surface area contributed by atoms with Crippen LogP contribution in [0.1, 0.15) is 33.1 Å². The summed E-state index contributed by atoms with van der Waals surface area (Å²) in [5.41, 5.74) is 8.95. The lowest BCUT2D eigenvalue weighted by atomic mass is 9.96. The largest absolute Gasteiger partial charge is 0.368 e. The van der Waals surface area contributed by atoms with Crippen LogP contribution in [0.5, 0.6) is 0 Å². The molecule has 2 aliphatic rings. The first-order valence-corrected chi connectivity index (χ1v) is 9.20. The number of nitrogen functional groups attached to an aromatic ring is 1. The molecule has 0 spiro atoms. The number of aliphatic imine (C=N–C) groups is 1. The van der Waals surface area contributed by atoms with E-state index in [1.807, 2.05) is 4.68 Å². The molecule has 6 heteroatoms. The zero-order valence-corrected chi connectivity index (χ0v) is 15.3. The highest BCUT2D eigenvalue weighted by Crippen LogP contribution is 2.26. The van der Waals surface area contributed by atoms with E-state index >= 15 is 0 Å². The van der Waals surface area contributed by atoms with E-state index in [9.17, 15) is 0 Å². The number of nitrogens with zero attached hydrogens (tertiary/aromatic N) is 5. The fourth-order valence-corrected chi connectivity index (χ4v) is 3.28. The fraction of sp³-hybridized carbons (Fsp3) is 0.400. The summed E-state index contributed by atoms with van der Waals surface area (Å²) in [5, 5.41) is 5.35. The van der Waals surface area contributed by atoms with Crippen LogP contribution in [0.25, 0.3) is 11.0 Å². The normalized spacial score (nSPS) is 24.4. The van der Waals surface area contributed by atoms with E-state index in [1.165, 1.54) is 5.57 Å². The first kappa shape index (κ1) is 16.7. The average molecular weight is 348 g/mol. The summed E-state index contributed by atoms with van der Waals surface area (Å²) in [5.74, 6) is 2.04. The van der Waals surface area contributed by atoms with Crippen molar-refractivity contribution in [1.29, 1.82) is 0 Å². The summed E-state index contributed by atoms with van der Waals surface area (Å²) in [6.45, 7) is 5.11. The van der Waals surface area contributed by atoms with Gasteiger partial charge in [-0.25, -0.2) is 9.67 Å². The second-order valence-electron chi connectivity index (χ2n) is 7.27. The number of nitrogens with two attached hydrogens (primary N) is 1. The molecule has 0 radical (unpaired) electrons. The lowest BCUT2D eigenvalue weighted by molar-refractivity contribution is 0.660. The van der Waals surface area contributed by atoms with Crippen LogP contribution in [0.3, 0.4) is 0 Å². The van der Waals surface area contributed by atoms with Gasteiger partial charge < -0.3 is 5.73 Å². The molecule has 6 nitrogen and oxygen atoms in total. The number of aromatic nitrogens is 4. The minimum Gasteiger partial charge on any atom is -0.368 e. The lowest BCUT2D eigenvalue weighted by Crippen LogP contribution is -2.07. The molecule has 0 saturated heterocycles. The van der Waals surface area contributed by atoms with Gasteiger partial charge in [0.1, 0.15) is 0 Å². The quantitative estimate of drug-likeness (QED) is 0.909. The molecule has 0 fully saturated rings. The first-order valence-electron chi connectivity index (χ1n) is 9.20. The molecule has 0 bridgehead atoms. The van der Waals surface area contributed by atoms with E-state index in [1.54, 1.807) is 6.20 Å². The van der Waals surface area contributed by atoms with Crippen LogP contribution < -0.4 is 5.73 Å². The van der Waals surface area contributed by atoms with E-state index in [4.69, 9.17) is 10.7 Å². The molecular weight excluding hydrogens is 324 g/mol. The Hall–Kier alpha value is -2.76. The van der Waals surface area contributed by atoms with Gasteiger partial charge in [0.15, 0.2) is 11.5 Å². The van der Waals surface area contributed by atoms with Crippen molar-refractivity contribution in [3.63, 3.8) is 0 Å². The van der Waals surface area contributed by atoms with Crippen LogP contribution in [0.2, 0.25) is 0 Å². The molecule has 0 aliphatic heterocycles. The molecule has 0 aromatic carbocycles. The third-order valence-corrected chi connectivity index (χ3v) is 4.94. The van der Waals surface area contributed by atoms with Gasteiger partial charge in [-0.05, 0) is 42.7 Å². The fourth-order valence-electron chi connectivity index (χ4n) is 3.28. The zero-order chi connectivity index (χ0) is 18.1. The first-order chi connectivity index (χ1) is 12.6. The van der Waals surface area contributed by atoms with Gasteiger partial charge in [-0.2, -0.15) is 15.1 Å². The molecule has 2 aliphatic carbocycles. The highest BCUT2D eigenvalue weighted by atomic mass is 15.3. The van der Waals surface area contributed by atoms with Crippen LogP contribution in [-0.4, -0.2) is 25.5 Å². The summed E-state index contributed by atoms with van der Waals surface area (Å²) in [6.07, 6.45) is 15.9. The summed E-state index contributed by atoms with van der Waals surface area (Å²) in [6, 6.07) is 0. The number of fused-ring (bicyclic) bond motifs is 1. The van der Waals surface area contributed by atoms with E-state index in [0.717, 1.165) is 36.0 Å². The van der Waals surface area contributed by atoms with Crippen molar-refractivity contribution in [2.45, 2.75) is 39.7 Å². The number of rotatable bonds is 3. The molecule has 2 unspecified atom stereocenters. The van der Waals surface area contributed by atoms with E-state index < -0.39 is 0 Å². The molecule has 0 amide bonds. The van der Waals surface area contributed by atoms with Gasteiger partial charge in [0.05, 0.1) is 18.1 Å². The Morgan fingerprint density at radius 1 is 1.19 bits per heavy atom. The summed E-state index contributed by atoms with van der Waals surface area (Å²) < 4.78 is 1.88. The maximum absolute atomic E-state index is 5.95. The lowest BCUT2D eigenvalue weighted by Gasteiger charge is -2.13. The number of anilines is 1. The van der Waals surface area contributed by atoms with Crippen LogP contribution in [0, 0.1) is 11.8 Å². The Labute approximate surface area is 153 Å². The molecule has 134 valence electrons. The molecule has 0 saturated carbocycles. The summed E-state index contributed by atoms with van der Waals surface area (Å²) in [4.78, 5) is 13.5. The molecular formula is C20H24N6. The zero-order valence-electron chi connectivity index (χ0n) is 15.3. The highest BCUT2D eigenvalue weighted by Gasteiger charge is 2.15. The van der Waals surface area contributed by atoms with Crippen molar-refractivity contribution >= 4 is 28.5 Å². The molecule has 2 aromatic heterocycles. The van der Waals surface area contributed by atoms with Crippen molar-refractivity contribution in [3.8, 4) is 0 Å². The van der Waals surface area contributed by atoms with Crippen LogP contribution >= 0.6 is 0 Å². The molecule has 2 heterocycles. The maximum Gasteiger partial charge on any atom is 0.224 e. The monoisotopic (exact) mass is 348 g/mol. The van der Waals surface area contributed by atoms with Crippen molar-refractivity contribution in [2.75, 3.05) is 5.73 Å². The Balaban J connectivity index is 1.68.